The Morgan fingerprint density at radius 2 is 0.985 bits per heavy atom. The number of hydrogen-bond donors (Lipinski definition) is 2. The van der Waals surface area contributed by atoms with Gasteiger partial charge in [0.25, 0.3) is 23.6 Å². The standard InChI is InChI=1S/2C19H16F5N7O2/c2*1-29-15-7-14(19(22,23)24)27-31(15)5-4-13(18(29)33)26-17(32)16-25-9-30(28-16)8-10-2-3-11(20)6-12(10)21/h2*2-3,6-7,9,13H,4-5,8H2,1H3,(H,26,32)/t2*13-/m10/s1. The predicted octanol–water partition coefficient (Wildman–Crippen LogP) is 3.97. The van der Waals surface area contributed by atoms with Crippen LogP contribution in [0.1, 0.15) is 56.6 Å². The van der Waals surface area contributed by atoms with Gasteiger partial charge in [-0.05, 0) is 25.0 Å². The maximum Gasteiger partial charge on any atom is 0.435 e. The summed E-state index contributed by atoms with van der Waals surface area (Å²) >= 11 is 0. The summed E-state index contributed by atoms with van der Waals surface area (Å²) in [4.78, 5) is 60.2. The molecular formula is C38H32F10N14O4. The normalized spacial score (nSPS) is 16.5. The molecule has 0 radical (unpaired) electrons. The molecular weight excluding hydrogens is 906 g/mol. The molecule has 6 aromatic rings. The van der Waals surface area contributed by atoms with Gasteiger partial charge in [0.2, 0.25) is 11.6 Å². The molecule has 0 fully saturated rings. The maximum absolute atomic E-state index is 13.8. The summed E-state index contributed by atoms with van der Waals surface area (Å²) in [6.07, 6.45) is -6.99. The van der Waals surface area contributed by atoms with Crippen LogP contribution >= 0.6 is 0 Å². The minimum Gasteiger partial charge on any atom is -0.337 e. The van der Waals surface area contributed by atoms with Crippen LogP contribution in [0.4, 0.5) is 55.5 Å². The molecule has 2 aliphatic heterocycles. The number of aromatic nitrogens is 10. The first kappa shape index (κ1) is 46.3. The Morgan fingerprint density at radius 3 is 1.33 bits per heavy atom. The van der Waals surface area contributed by atoms with E-state index in [4.69, 9.17) is 0 Å². The molecule has 0 saturated heterocycles. The van der Waals surface area contributed by atoms with E-state index in [-0.39, 0.29) is 73.4 Å². The molecule has 0 saturated carbocycles. The molecule has 8 rings (SSSR count). The summed E-state index contributed by atoms with van der Waals surface area (Å²) in [7, 11) is 2.56. The Labute approximate surface area is 363 Å². The van der Waals surface area contributed by atoms with Crippen molar-refractivity contribution in [3.05, 3.63) is 119 Å². The van der Waals surface area contributed by atoms with E-state index in [2.05, 4.69) is 41.0 Å². The quantitative estimate of drug-likeness (QED) is 0.211. The Kier molecular flexibility index (Phi) is 12.7. The largest absolute Gasteiger partial charge is 0.435 e. The number of amides is 4. The van der Waals surface area contributed by atoms with Crippen molar-refractivity contribution in [3.63, 3.8) is 0 Å². The van der Waals surface area contributed by atoms with Gasteiger partial charge in [0.15, 0.2) is 11.4 Å². The number of halogens is 10. The number of nitrogens with one attached hydrogen (secondary N) is 2. The molecule has 0 aliphatic carbocycles. The third kappa shape index (κ3) is 10.1. The van der Waals surface area contributed by atoms with Crippen LogP contribution in [0.5, 0.6) is 0 Å². The monoisotopic (exact) mass is 938 g/mol. The molecule has 2 aliphatic rings. The molecule has 28 heteroatoms. The summed E-state index contributed by atoms with van der Waals surface area (Å²) in [5, 5.41) is 19.8. The van der Waals surface area contributed by atoms with E-state index in [1.165, 1.54) is 48.2 Å². The zero-order valence-corrected chi connectivity index (χ0v) is 34.0. The summed E-state index contributed by atoms with van der Waals surface area (Å²) in [6.45, 7) is -0.309. The first-order chi connectivity index (χ1) is 31.0. The van der Waals surface area contributed by atoms with Crippen LogP contribution in [0.2, 0.25) is 0 Å². The number of fused-ring (bicyclic) bond motifs is 2. The van der Waals surface area contributed by atoms with E-state index in [1.807, 2.05) is 0 Å². The highest BCUT2D eigenvalue weighted by atomic mass is 19.4. The van der Waals surface area contributed by atoms with E-state index >= 15 is 0 Å². The van der Waals surface area contributed by atoms with Gasteiger partial charge in [-0.3, -0.25) is 29.0 Å². The van der Waals surface area contributed by atoms with Gasteiger partial charge in [0.05, 0.1) is 13.1 Å². The smallest absolute Gasteiger partial charge is 0.337 e. The average Bonchev–Trinajstić information content (AvgIpc) is 4.07. The average molecular weight is 939 g/mol. The van der Waals surface area contributed by atoms with Gasteiger partial charge in [-0.1, -0.05) is 12.1 Å². The highest BCUT2D eigenvalue weighted by Gasteiger charge is 2.40. The SMILES string of the molecule is CN1C(=O)[C@@H](NC(=O)c2ncn(Cc3ccc(F)cc3F)n2)CCn2nc(C(F)(F)F)cc21.CN1C(=O)[C@H](NC(=O)c2ncn(Cc3ccc(F)cc3F)n2)CCn2nc(C(F)(F)F)cc21. The Morgan fingerprint density at radius 1 is 0.606 bits per heavy atom. The zero-order valence-electron chi connectivity index (χ0n) is 34.0. The van der Waals surface area contributed by atoms with Gasteiger partial charge >= 0.3 is 12.4 Å². The van der Waals surface area contributed by atoms with E-state index in [9.17, 15) is 63.1 Å². The Hall–Kier alpha value is -7.68. The van der Waals surface area contributed by atoms with Crippen molar-refractivity contribution in [1.82, 2.24) is 59.7 Å². The zero-order chi connectivity index (χ0) is 47.8. The van der Waals surface area contributed by atoms with Crippen molar-refractivity contribution < 1.29 is 63.1 Å². The van der Waals surface area contributed by atoms with Crippen molar-refractivity contribution in [1.29, 1.82) is 0 Å². The van der Waals surface area contributed by atoms with Gasteiger partial charge in [0, 0.05) is 62.6 Å². The van der Waals surface area contributed by atoms with Crippen LogP contribution in [0.3, 0.4) is 0 Å². The molecule has 4 aromatic heterocycles. The summed E-state index contributed by atoms with van der Waals surface area (Å²) < 4.78 is 136. The number of nitrogens with zero attached hydrogens (tertiary/aromatic N) is 12. The number of rotatable bonds is 8. The lowest BCUT2D eigenvalue weighted by Gasteiger charge is -2.19. The number of benzene rings is 2. The third-order valence-electron chi connectivity index (χ3n) is 10.1. The highest BCUT2D eigenvalue weighted by molar-refractivity contribution is 6.01. The summed E-state index contributed by atoms with van der Waals surface area (Å²) in [5.41, 5.74) is -1.98. The van der Waals surface area contributed by atoms with Crippen molar-refractivity contribution >= 4 is 35.3 Å². The maximum atomic E-state index is 13.8. The van der Waals surface area contributed by atoms with Crippen LogP contribution in [0.15, 0.2) is 61.2 Å². The van der Waals surface area contributed by atoms with Crippen LogP contribution < -0.4 is 20.4 Å². The molecule has 2 atom stereocenters. The molecule has 0 spiro atoms. The number of anilines is 2. The molecule has 0 bridgehead atoms. The molecule has 348 valence electrons. The topological polar surface area (TPSA) is 196 Å². The highest BCUT2D eigenvalue weighted by Crippen LogP contribution is 2.33. The number of alkyl halides is 6. The van der Waals surface area contributed by atoms with Crippen molar-refractivity contribution in [2.75, 3.05) is 23.9 Å². The summed E-state index contributed by atoms with van der Waals surface area (Å²) in [6, 6.07) is 5.49. The van der Waals surface area contributed by atoms with E-state index in [0.717, 1.165) is 55.6 Å². The van der Waals surface area contributed by atoms with Crippen LogP contribution in [0.25, 0.3) is 0 Å². The minimum atomic E-state index is -4.65. The fourth-order valence-corrected chi connectivity index (χ4v) is 6.72. The fourth-order valence-electron chi connectivity index (χ4n) is 6.72. The minimum absolute atomic E-state index is 0.0115. The van der Waals surface area contributed by atoms with Crippen LogP contribution in [0, 0.1) is 23.3 Å². The van der Waals surface area contributed by atoms with Gasteiger partial charge in [-0.25, -0.2) is 46.3 Å². The second kappa shape index (κ2) is 18.1. The van der Waals surface area contributed by atoms with Crippen molar-refractivity contribution in [3.8, 4) is 0 Å². The van der Waals surface area contributed by atoms with Gasteiger partial charge in [-0.2, -0.15) is 36.5 Å². The van der Waals surface area contributed by atoms with Crippen LogP contribution in [-0.2, 0) is 48.1 Å². The Bertz CT molecular complexity index is 2630. The number of aryl methyl sites for hydroxylation is 2. The lowest BCUT2D eigenvalue weighted by Crippen LogP contribution is -2.47. The molecule has 18 nitrogen and oxygen atoms in total. The molecule has 2 aromatic carbocycles. The van der Waals surface area contributed by atoms with Crippen molar-refractivity contribution in [2.24, 2.45) is 0 Å². The number of hydrogen-bond acceptors (Lipinski definition) is 10. The van der Waals surface area contributed by atoms with Gasteiger partial charge in [0.1, 0.15) is 59.6 Å². The molecule has 2 N–H and O–H groups in total. The second-order valence-electron chi connectivity index (χ2n) is 14.6. The number of carbonyl (C=O) groups excluding carboxylic acids is 4. The van der Waals surface area contributed by atoms with E-state index in [0.29, 0.717) is 0 Å². The lowest BCUT2D eigenvalue weighted by atomic mass is 10.2. The fraction of sp³-hybridized carbons (Fsp3) is 0.316. The first-order valence-corrected chi connectivity index (χ1v) is 19.2. The molecule has 66 heavy (non-hydrogen) atoms. The third-order valence-corrected chi connectivity index (χ3v) is 10.1. The van der Waals surface area contributed by atoms with E-state index in [1.54, 1.807) is 0 Å². The summed E-state index contributed by atoms with van der Waals surface area (Å²) in [5.74, 6) is -6.58. The van der Waals surface area contributed by atoms with Crippen molar-refractivity contribution in [2.45, 2.75) is 63.5 Å². The Balaban J connectivity index is 0.000000196. The van der Waals surface area contributed by atoms with E-state index < -0.39 is 82.7 Å². The second-order valence-corrected chi connectivity index (χ2v) is 14.6. The molecule has 4 amide bonds. The molecule has 6 heterocycles. The predicted molar refractivity (Wildman–Crippen MR) is 204 cm³/mol. The molecule has 0 unspecified atom stereocenters. The van der Waals surface area contributed by atoms with Crippen LogP contribution in [-0.4, -0.2) is 98.9 Å². The van der Waals surface area contributed by atoms with Gasteiger partial charge in [-0.15, -0.1) is 10.2 Å². The first-order valence-electron chi connectivity index (χ1n) is 19.2. The number of likely N-dealkylation sites (N-methyl/N-ethyl adjacent to an activating group) is 2. The lowest BCUT2D eigenvalue weighted by molar-refractivity contribution is -0.142. The number of carbonyl (C=O) groups is 4. The van der Waals surface area contributed by atoms with Gasteiger partial charge < -0.3 is 10.6 Å².